The van der Waals surface area contributed by atoms with E-state index in [9.17, 15) is 13.2 Å². The highest BCUT2D eigenvalue weighted by atomic mass is 32.2. The van der Waals surface area contributed by atoms with E-state index in [2.05, 4.69) is 4.72 Å². The molecule has 1 rings (SSSR count). The molecule has 0 aliphatic rings. The fraction of sp³-hybridized carbons (Fsp3) is 0.417. The van der Waals surface area contributed by atoms with Gasteiger partial charge in [-0.2, -0.15) is 0 Å². The van der Waals surface area contributed by atoms with Crippen LogP contribution in [0.15, 0.2) is 24.3 Å². The van der Waals surface area contributed by atoms with Gasteiger partial charge in [-0.1, -0.05) is 24.3 Å². The van der Waals surface area contributed by atoms with Crippen molar-refractivity contribution in [3.8, 4) is 0 Å². The summed E-state index contributed by atoms with van der Waals surface area (Å²) in [6.45, 7) is 0.643. The van der Waals surface area contributed by atoms with E-state index in [0.717, 1.165) is 5.56 Å². The highest BCUT2D eigenvalue weighted by Gasteiger charge is 2.10. The lowest BCUT2D eigenvalue weighted by Gasteiger charge is -2.06. The molecule has 0 radical (unpaired) electrons. The van der Waals surface area contributed by atoms with Crippen molar-refractivity contribution < 1.29 is 13.2 Å². The standard InChI is InChI=1S/C12H19N3O3S/c13-8-10-3-5-11(6-4-10)9-19(17,18)15-7-1-2-12(14)16/h3-6,15H,1-2,7-9,13H2,(H2,14,16). The summed E-state index contributed by atoms with van der Waals surface area (Å²) in [6, 6.07) is 7.09. The molecule has 7 heteroatoms. The van der Waals surface area contributed by atoms with E-state index in [4.69, 9.17) is 11.5 Å². The summed E-state index contributed by atoms with van der Waals surface area (Å²) < 4.78 is 25.9. The fourth-order valence-corrected chi connectivity index (χ4v) is 2.72. The summed E-state index contributed by atoms with van der Waals surface area (Å²) in [4.78, 5) is 10.5. The Balaban J connectivity index is 2.46. The molecule has 1 aromatic carbocycles. The molecule has 0 unspecified atom stereocenters. The Hall–Kier alpha value is -1.44. The lowest BCUT2D eigenvalue weighted by Crippen LogP contribution is -2.27. The molecule has 0 aliphatic heterocycles. The number of carbonyl (C=O) groups is 1. The minimum atomic E-state index is -3.39. The molecule has 106 valence electrons. The molecule has 0 saturated carbocycles. The third-order valence-electron chi connectivity index (χ3n) is 2.54. The zero-order chi connectivity index (χ0) is 14.3. The van der Waals surface area contributed by atoms with Crippen LogP contribution in [-0.4, -0.2) is 20.9 Å². The molecule has 0 spiro atoms. The van der Waals surface area contributed by atoms with E-state index >= 15 is 0 Å². The zero-order valence-corrected chi connectivity index (χ0v) is 11.4. The number of sulfonamides is 1. The molecule has 0 aliphatic carbocycles. The van der Waals surface area contributed by atoms with Gasteiger partial charge in [0.15, 0.2) is 0 Å². The van der Waals surface area contributed by atoms with Crippen molar-refractivity contribution in [3.05, 3.63) is 35.4 Å². The van der Waals surface area contributed by atoms with E-state index in [1.807, 2.05) is 0 Å². The van der Waals surface area contributed by atoms with Crippen LogP contribution < -0.4 is 16.2 Å². The van der Waals surface area contributed by atoms with Crippen molar-refractivity contribution in [2.75, 3.05) is 6.54 Å². The second kappa shape index (κ2) is 7.22. The molecule has 5 N–H and O–H groups in total. The summed E-state index contributed by atoms with van der Waals surface area (Å²) in [5.41, 5.74) is 12.1. The van der Waals surface area contributed by atoms with Crippen molar-refractivity contribution in [1.29, 1.82) is 0 Å². The van der Waals surface area contributed by atoms with Gasteiger partial charge in [0.2, 0.25) is 15.9 Å². The van der Waals surface area contributed by atoms with E-state index < -0.39 is 15.9 Å². The number of primary amides is 1. The fourth-order valence-electron chi connectivity index (χ4n) is 1.53. The highest BCUT2D eigenvalue weighted by molar-refractivity contribution is 7.88. The molecule has 0 fully saturated rings. The third kappa shape index (κ3) is 6.32. The molecule has 19 heavy (non-hydrogen) atoms. The quantitative estimate of drug-likeness (QED) is 0.575. The van der Waals surface area contributed by atoms with Crippen LogP contribution in [0.4, 0.5) is 0 Å². The molecule has 0 bridgehead atoms. The summed E-state index contributed by atoms with van der Waals surface area (Å²) in [6.07, 6.45) is 0.578. The van der Waals surface area contributed by atoms with Gasteiger partial charge < -0.3 is 11.5 Å². The number of amides is 1. The van der Waals surface area contributed by atoms with E-state index in [-0.39, 0.29) is 18.7 Å². The van der Waals surface area contributed by atoms with Crippen molar-refractivity contribution in [2.24, 2.45) is 11.5 Å². The van der Waals surface area contributed by atoms with Crippen LogP contribution in [0.25, 0.3) is 0 Å². The first-order valence-electron chi connectivity index (χ1n) is 5.96. The minimum Gasteiger partial charge on any atom is -0.370 e. The first-order chi connectivity index (χ1) is 8.93. The van der Waals surface area contributed by atoms with Gasteiger partial charge in [-0.25, -0.2) is 13.1 Å². The van der Waals surface area contributed by atoms with Crippen molar-refractivity contribution in [3.63, 3.8) is 0 Å². The van der Waals surface area contributed by atoms with Crippen LogP contribution in [0.3, 0.4) is 0 Å². The van der Waals surface area contributed by atoms with Gasteiger partial charge in [0.05, 0.1) is 5.75 Å². The predicted octanol–water partition coefficient (Wildman–Crippen LogP) is -0.170. The van der Waals surface area contributed by atoms with Crippen LogP contribution in [0.2, 0.25) is 0 Å². The summed E-state index contributed by atoms with van der Waals surface area (Å²) >= 11 is 0. The number of hydrogen-bond donors (Lipinski definition) is 3. The Bertz CT molecular complexity index is 512. The average molecular weight is 285 g/mol. The molecule has 1 aromatic rings. The smallest absolute Gasteiger partial charge is 0.217 e. The van der Waals surface area contributed by atoms with Crippen LogP contribution in [0.5, 0.6) is 0 Å². The topological polar surface area (TPSA) is 115 Å². The largest absolute Gasteiger partial charge is 0.370 e. The number of rotatable bonds is 8. The molecular weight excluding hydrogens is 266 g/mol. The third-order valence-corrected chi connectivity index (χ3v) is 3.89. The van der Waals surface area contributed by atoms with Gasteiger partial charge in [-0.05, 0) is 17.5 Å². The molecular formula is C12H19N3O3S. The number of nitrogens with one attached hydrogen (secondary N) is 1. The highest BCUT2D eigenvalue weighted by Crippen LogP contribution is 2.07. The SMILES string of the molecule is NCc1ccc(CS(=O)(=O)NCCCC(N)=O)cc1. The average Bonchev–Trinajstić information content (AvgIpc) is 2.35. The number of benzene rings is 1. The first-order valence-corrected chi connectivity index (χ1v) is 7.62. The number of carbonyl (C=O) groups excluding carboxylic acids is 1. The maximum Gasteiger partial charge on any atom is 0.217 e. The summed E-state index contributed by atoms with van der Waals surface area (Å²) in [5, 5.41) is 0. The Morgan fingerprint density at radius 3 is 2.26 bits per heavy atom. The zero-order valence-electron chi connectivity index (χ0n) is 10.6. The molecule has 0 heterocycles. The van der Waals surface area contributed by atoms with Crippen LogP contribution >= 0.6 is 0 Å². The van der Waals surface area contributed by atoms with Crippen molar-refractivity contribution in [2.45, 2.75) is 25.1 Å². The summed E-state index contributed by atoms with van der Waals surface area (Å²) in [7, 11) is -3.39. The van der Waals surface area contributed by atoms with E-state index in [0.29, 0.717) is 18.5 Å². The molecule has 0 aromatic heterocycles. The Labute approximate surface area is 113 Å². The lowest BCUT2D eigenvalue weighted by molar-refractivity contribution is -0.118. The van der Waals surface area contributed by atoms with Gasteiger partial charge in [0.25, 0.3) is 0 Å². The lowest BCUT2D eigenvalue weighted by atomic mass is 10.1. The van der Waals surface area contributed by atoms with Crippen LogP contribution in [0.1, 0.15) is 24.0 Å². The minimum absolute atomic E-state index is 0.0889. The Morgan fingerprint density at radius 2 is 1.74 bits per heavy atom. The van der Waals surface area contributed by atoms with Crippen molar-refractivity contribution in [1.82, 2.24) is 4.72 Å². The second-order valence-corrected chi connectivity index (χ2v) is 6.05. The van der Waals surface area contributed by atoms with Gasteiger partial charge >= 0.3 is 0 Å². The van der Waals surface area contributed by atoms with Gasteiger partial charge in [-0.3, -0.25) is 4.79 Å². The number of nitrogens with two attached hydrogens (primary N) is 2. The number of hydrogen-bond acceptors (Lipinski definition) is 4. The maximum absolute atomic E-state index is 11.7. The predicted molar refractivity (Wildman–Crippen MR) is 73.4 cm³/mol. The van der Waals surface area contributed by atoms with E-state index in [1.165, 1.54) is 0 Å². The monoisotopic (exact) mass is 285 g/mol. The van der Waals surface area contributed by atoms with Gasteiger partial charge in [-0.15, -0.1) is 0 Å². The van der Waals surface area contributed by atoms with Crippen molar-refractivity contribution >= 4 is 15.9 Å². The Morgan fingerprint density at radius 1 is 1.16 bits per heavy atom. The molecule has 0 saturated heterocycles. The maximum atomic E-state index is 11.7. The first kappa shape index (κ1) is 15.6. The summed E-state index contributed by atoms with van der Waals surface area (Å²) in [5.74, 6) is -0.523. The van der Waals surface area contributed by atoms with Gasteiger partial charge in [0.1, 0.15) is 0 Å². The van der Waals surface area contributed by atoms with Crippen LogP contribution in [-0.2, 0) is 27.1 Å². The molecule has 6 nitrogen and oxygen atoms in total. The normalized spacial score (nSPS) is 11.4. The molecule has 1 amide bonds. The van der Waals surface area contributed by atoms with Crippen LogP contribution in [0, 0.1) is 0 Å². The molecule has 0 atom stereocenters. The van der Waals surface area contributed by atoms with E-state index in [1.54, 1.807) is 24.3 Å². The van der Waals surface area contributed by atoms with Gasteiger partial charge in [0, 0.05) is 19.5 Å². The Kier molecular flexibility index (Phi) is 5.94. The second-order valence-electron chi connectivity index (χ2n) is 4.24.